The number of halogens is 3. The third-order valence-electron chi connectivity index (χ3n) is 4.98. The van der Waals surface area contributed by atoms with Crippen molar-refractivity contribution in [3.05, 3.63) is 40.8 Å². The standard InChI is InChI=1S/C20H22F3N3O4S2/c1-12-5-8-18(31-12)32(29,30)26-9-3-4-14(11-26)19(28)25-17-10-15(20(21,22)23)6-7-16(17)24-13(2)27/h5-8,10,14H,3-4,9,11H2,1-2H3,(H,24,27)(H,25,28). The first kappa shape index (κ1) is 24.2. The number of aryl methyl sites for hydroxylation is 1. The van der Waals surface area contributed by atoms with Gasteiger partial charge in [0, 0.05) is 24.9 Å². The molecule has 0 bridgehead atoms. The maximum Gasteiger partial charge on any atom is 0.416 e. The summed E-state index contributed by atoms with van der Waals surface area (Å²) in [5.41, 5.74) is -1.16. The van der Waals surface area contributed by atoms with E-state index in [-0.39, 0.29) is 28.7 Å². The molecule has 2 heterocycles. The molecule has 1 aliphatic heterocycles. The molecule has 1 saturated heterocycles. The van der Waals surface area contributed by atoms with E-state index in [1.165, 1.54) is 17.3 Å². The van der Waals surface area contributed by atoms with Crippen LogP contribution >= 0.6 is 11.3 Å². The van der Waals surface area contributed by atoms with Crippen LogP contribution < -0.4 is 10.6 Å². The van der Waals surface area contributed by atoms with E-state index in [0.29, 0.717) is 12.8 Å². The maximum atomic E-state index is 13.1. The first-order chi connectivity index (χ1) is 14.9. The largest absolute Gasteiger partial charge is 0.416 e. The topological polar surface area (TPSA) is 95.6 Å². The third kappa shape index (κ3) is 5.48. The van der Waals surface area contributed by atoms with Gasteiger partial charge >= 0.3 is 6.18 Å². The van der Waals surface area contributed by atoms with Crippen LogP contribution in [0.1, 0.15) is 30.2 Å². The van der Waals surface area contributed by atoms with Crippen molar-refractivity contribution in [3.8, 4) is 0 Å². The second kappa shape index (κ2) is 9.20. The van der Waals surface area contributed by atoms with Gasteiger partial charge in [0.25, 0.3) is 10.0 Å². The van der Waals surface area contributed by atoms with Crippen LogP contribution in [-0.2, 0) is 25.8 Å². The molecule has 1 unspecified atom stereocenters. The molecule has 1 fully saturated rings. The van der Waals surface area contributed by atoms with Crippen molar-refractivity contribution < 1.29 is 31.2 Å². The number of rotatable bonds is 5. The SMILES string of the molecule is CC(=O)Nc1ccc(C(F)(F)F)cc1NC(=O)C1CCCN(S(=O)(=O)c2ccc(C)s2)C1. The summed E-state index contributed by atoms with van der Waals surface area (Å²) in [4.78, 5) is 25.1. The van der Waals surface area contributed by atoms with Gasteiger partial charge in [-0.2, -0.15) is 17.5 Å². The fourth-order valence-corrected chi connectivity index (χ4v) is 6.37. The van der Waals surface area contributed by atoms with E-state index in [1.807, 2.05) is 0 Å². The fraction of sp³-hybridized carbons (Fsp3) is 0.400. The maximum absolute atomic E-state index is 13.1. The summed E-state index contributed by atoms with van der Waals surface area (Å²) in [5.74, 6) is -1.88. The lowest BCUT2D eigenvalue weighted by molar-refractivity contribution is -0.137. The molecule has 0 aliphatic carbocycles. The molecule has 7 nitrogen and oxygen atoms in total. The van der Waals surface area contributed by atoms with Gasteiger partial charge in [-0.1, -0.05) is 0 Å². The Morgan fingerprint density at radius 1 is 1.12 bits per heavy atom. The summed E-state index contributed by atoms with van der Waals surface area (Å²) in [6.07, 6.45) is -3.82. The number of piperidine rings is 1. The van der Waals surface area contributed by atoms with Crippen LogP contribution in [0.15, 0.2) is 34.5 Å². The fourth-order valence-electron chi connectivity index (χ4n) is 3.41. The van der Waals surface area contributed by atoms with Crippen molar-refractivity contribution in [2.45, 2.75) is 37.1 Å². The average molecular weight is 490 g/mol. The number of thiophene rings is 1. The lowest BCUT2D eigenvalue weighted by atomic mass is 9.98. The Morgan fingerprint density at radius 2 is 1.84 bits per heavy atom. The van der Waals surface area contributed by atoms with Crippen molar-refractivity contribution in [1.82, 2.24) is 4.31 Å². The minimum atomic E-state index is -4.64. The van der Waals surface area contributed by atoms with Crippen LogP contribution in [-0.4, -0.2) is 37.6 Å². The molecule has 12 heteroatoms. The van der Waals surface area contributed by atoms with E-state index in [2.05, 4.69) is 10.6 Å². The first-order valence-corrected chi connectivity index (χ1v) is 12.0. The number of sulfonamides is 1. The smallest absolute Gasteiger partial charge is 0.325 e. The van der Waals surface area contributed by atoms with Crippen molar-refractivity contribution in [2.75, 3.05) is 23.7 Å². The molecule has 1 aromatic carbocycles. The number of alkyl halides is 3. The quantitative estimate of drug-likeness (QED) is 0.662. The summed E-state index contributed by atoms with van der Waals surface area (Å²) in [5, 5.41) is 4.83. The molecule has 0 radical (unpaired) electrons. The number of nitrogens with zero attached hydrogens (tertiary/aromatic N) is 1. The second-order valence-corrected chi connectivity index (χ2v) is 10.9. The zero-order valence-electron chi connectivity index (χ0n) is 17.3. The molecule has 32 heavy (non-hydrogen) atoms. The van der Waals surface area contributed by atoms with Crippen molar-refractivity contribution in [1.29, 1.82) is 0 Å². The van der Waals surface area contributed by atoms with E-state index in [9.17, 15) is 31.2 Å². The van der Waals surface area contributed by atoms with Crippen LogP contribution in [0, 0.1) is 12.8 Å². The van der Waals surface area contributed by atoms with Gasteiger partial charge in [0.2, 0.25) is 11.8 Å². The highest BCUT2D eigenvalue weighted by Gasteiger charge is 2.35. The summed E-state index contributed by atoms with van der Waals surface area (Å²) >= 11 is 1.14. The van der Waals surface area contributed by atoms with Crippen LogP contribution in [0.2, 0.25) is 0 Å². The number of carbonyl (C=O) groups excluding carboxylic acids is 2. The second-order valence-electron chi connectivity index (χ2n) is 7.50. The molecule has 0 saturated carbocycles. The number of amides is 2. The number of benzene rings is 1. The number of nitrogens with one attached hydrogen (secondary N) is 2. The van der Waals surface area contributed by atoms with Crippen molar-refractivity contribution in [3.63, 3.8) is 0 Å². The molecule has 0 spiro atoms. The molecular weight excluding hydrogens is 467 g/mol. The Bertz CT molecular complexity index is 1130. The van der Waals surface area contributed by atoms with Gasteiger partial charge in [0.05, 0.1) is 22.9 Å². The van der Waals surface area contributed by atoms with E-state index >= 15 is 0 Å². The summed E-state index contributed by atoms with van der Waals surface area (Å²) in [7, 11) is -3.76. The number of anilines is 2. The van der Waals surface area contributed by atoms with Gasteiger partial charge in [-0.3, -0.25) is 9.59 Å². The van der Waals surface area contributed by atoms with Gasteiger partial charge in [-0.25, -0.2) is 8.42 Å². The van der Waals surface area contributed by atoms with Gasteiger partial charge in [-0.15, -0.1) is 11.3 Å². The van der Waals surface area contributed by atoms with E-state index in [0.717, 1.165) is 34.4 Å². The van der Waals surface area contributed by atoms with Gasteiger partial charge in [0.15, 0.2) is 0 Å². The van der Waals surface area contributed by atoms with Crippen molar-refractivity contribution >= 4 is 44.5 Å². The Morgan fingerprint density at radius 3 is 2.44 bits per heavy atom. The minimum absolute atomic E-state index is 0.0215. The van der Waals surface area contributed by atoms with Gasteiger partial charge in [0.1, 0.15) is 4.21 Å². The molecule has 1 atom stereocenters. The molecule has 1 aliphatic rings. The third-order valence-corrected chi connectivity index (χ3v) is 8.31. The Kier molecular flexibility index (Phi) is 6.96. The molecule has 3 rings (SSSR count). The lowest BCUT2D eigenvalue weighted by Crippen LogP contribution is -2.43. The highest BCUT2D eigenvalue weighted by atomic mass is 32.2. The van der Waals surface area contributed by atoms with Crippen LogP contribution in [0.4, 0.5) is 24.5 Å². The van der Waals surface area contributed by atoms with E-state index in [1.54, 1.807) is 13.0 Å². The predicted molar refractivity (Wildman–Crippen MR) is 115 cm³/mol. The highest BCUT2D eigenvalue weighted by molar-refractivity contribution is 7.91. The zero-order valence-corrected chi connectivity index (χ0v) is 19.0. The van der Waals surface area contributed by atoms with Crippen molar-refractivity contribution in [2.24, 2.45) is 5.92 Å². The minimum Gasteiger partial charge on any atom is -0.325 e. The molecule has 2 amide bonds. The van der Waals surface area contributed by atoms with Gasteiger partial charge < -0.3 is 10.6 Å². The van der Waals surface area contributed by atoms with Gasteiger partial charge in [-0.05, 0) is 50.1 Å². The normalized spacial score (nSPS) is 17.7. The molecule has 1 aromatic heterocycles. The Balaban J connectivity index is 1.81. The van der Waals surface area contributed by atoms with Crippen LogP contribution in [0.3, 0.4) is 0 Å². The number of hydrogen-bond donors (Lipinski definition) is 2. The van der Waals surface area contributed by atoms with E-state index in [4.69, 9.17) is 0 Å². The number of hydrogen-bond acceptors (Lipinski definition) is 5. The predicted octanol–water partition coefficient (Wildman–Crippen LogP) is 4.07. The highest BCUT2D eigenvalue weighted by Crippen LogP contribution is 2.35. The molecular formula is C20H22F3N3O4S2. The summed E-state index contributed by atoms with van der Waals surface area (Å²) in [6, 6.07) is 5.83. The molecule has 174 valence electrons. The monoisotopic (exact) mass is 489 g/mol. The first-order valence-electron chi connectivity index (χ1n) is 9.74. The Hall–Kier alpha value is -2.44. The summed E-state index contributed by atoms with van der Waals surface area (Å²) < 4.78 is 66.6. The van der Waals surface area contributed by atoms with Crippen LogP contribution in [0.25, 0.3) is 0 Å². The molecule has 2 aromatic rings. The number of carbonyl (C=O) groups is 2. The van der Waals surface area contributed by atoms with Crippen LogP contribution in [0.5, 0.6) is 0 Å². The lowest BCUT2D eigenvalue weighted by Gasteiger charge is -2.31. The van der Waals surface area contributed by atoms with E-state index < -0.39 is 39.5 Å². The Labute approximate surface area is 187 Å². The zero-order chi connectivity index (χ0) is 23.7. The molecule has 2 N–H and O–H groups in total. The average Bonchev–Trinajstić information content (AvgIpc) is 3.15. The summed E-state index contributed by atoms with van der Waals surface area (Å²) in [6.45, 7) is 3.15.